The van der Waals surface area contributed by atoms with Crippen LogP contribution in [0, 0.1) is 0 Å². The zero-order valence-electron chi connectivity index (χ0n) is 20.9. The first-order valence-electron chi connectivity index (χ1n) is 12.1. The number of anilines is 2. The molecule has 3 aromatic rings. The highest BCUT2D eigenvalue weighted by Crippen LogP contribution is 2.26. The molecule has 180 valence electrons. The maximum absolute atomic E-state index is 13.1. The molecule has 6 heteroatoms. The second kappa shape index (κ2) is 11.6. The van der Waals surface area contributed by atoms with E-state index in [1.54, 1.807) is 0 Å². The summed E-state index contributed by atoms with van der Waals surface area (Å²) in [5, 5.41) is 3.57. The lowest BCUT2D eigenvalue weighted by molar-refractivity contribution is -0.119. The van der Waals surface area contributed by atoms with Crippen LogP contribution in [0.2, 0.25) is 0 Å². The second-order valence-corrected chi connectivity index (χ2v) is 8.58. The predicted molar refractivity (Wildman–Crippen MR) is 139 cm³/mol. The molecule has 0 saturated carbocycles. The van der Waals surface area contributed by atoms with Crippen LogP contribution in [0.4, 0.5) is 11.4 Å². The topological polar surface area (TPSA) is 71.5 Å². The molecule has 2 aromatic carbocycles. The Morgan fingerprint density at radius 1 is 1.03 bits per heavy atom. The number of nitrogens with zero attached hydrogens (tertiary/aromatic N) is 2. The van der Waals surface area contributed by atoms with Crippen molar-refractivity contribution in [1.82, 2.24) is 4.98 Å². The van der Waals surface area contributed by atoms with Gasteiger partial charge >= 0.3 is 5.97 Å². The number of hydrogen-bond donors (Lipinski definition) is 1. The molecule has 3 rings (SSSR count). The highest BCUT2D eigenvalue weighted by molar-refractivity contribution is 6.06. The monoisotopic (exact) mass is 461 g/mol. The normalized spacial score (nSPS) is 11.0. The van der Waals surface area contributed by atoms with Gasteiger partial charge in [0.05, 0.1) is 11.1 Å². The number of carbonyl (C=O) groups is 2. The Kier molecular flexibility index (Phi) is 8.63. The number of nitrogens with one attached hydrogen (secondary N) is 1. The number of aromatic nitrogens is 1. The summed E-state index contributed by atoms with van der Waals surface area (Å²) in [6.07, 6.45) is 2.39. The van der Waals surface area contributed by atoms with Gasteiger partial charge in [-0.25, -0.2) is 4.79 Å². The largest absolute Gasteiger partial charge is 0.452 e. The van der Waals surface area contributed by atoms with Crippen LogP contribution in [0.5, 0.6) is 0 Å². The lowest BCUT2D eigenvalue weighted by Gasteiger charge is -2.27. The molecule has 0 unspecified atom stereocenters. The van der Waals surface area contributed by atoms with Crippen LogP contribution in [0.15, 0.2) is 48.5 Å². The van der Waals surface area contributed by atoms with Crippen molar-refractivity contribution in [1.29, 1.82) is 0 Å². The standard InChI is InChI=1S/C28H35N3O3/c1-6-11-24-22(7-2)27(23-12-9-10-13-25(23)30-24)28(33)34-18-26(32)29-20-14-16-21(17-15-20)31(8-3)19(4)5/h9-10,12-17,19H,6-8,11,18H2,1-5H3,(H,29,32). The number of fused-ring (bicyclic) bond motifs is 1. The Hall–Kier alpha value is -3.41. The van der Waals surface area contributed by atoms with Gasteiger partial charge in [-0.2, -0.15) is 0 Å². The minimum absolute atomic E-state index is 0.351. The van der Waals surface area contributed by atoms with E-state index in [4.69, 9.17) is 9.72 Å². The molecule has 0 atom stereocenters. The van der Waals surface area contributed by atoms with Gasteiger partial charge in [0, 0.05) is 35.0 Å². The van der Waals surface area contributed by atoms with E-state index < -0.39 is 5.97 Å². The number of ether oxygens (including phenoxy) is 1. The van der Waals surface area contributed by atoms with Crippen molar-refractivity contribution >= 4 is 34.2 Å². The number of para-hydroxylation sites is 1. The first kappa shape index (κ1) is 25.2. The third-order valence-corrected chi connectivity index (χ3v) is 5.90. The van der Waals surface area contributed by atoms with Crippen LogP contribution in [0.1, 0.15) is 62.7 Å². The Balaban J connectivity index is 1.73. The van der Waals surface area contributed by atoms with Gasteiger partial charge in [-0.3, -0.25) is 9.78 Å². The molecule has 34 heavy (non-hydrogen) atoms. The number of pyridine rings is 1. The van der Waals surface area contributed by atoms with Crippen molar-refractivity contribution in [3.8, 4) is 0 Å². The number of aryl methyl sites for hydroxylation is 1. The van der Waals surface area contributed by atoms with E-state index in [-0.39, 0.29) is 12.5 Å². The lowest BCUT2D eigenvalue weighted by Crippen LogP contribution is -2.30. The molecule has 0 radical (unpaired) electrons. The summed E-state index contributed by atoms with van der Waals surface area (Å²) in [5.74, 6) is -0.865. The molecule has 6 nitrogen and oxygen atoms in total. The summed E-state index contributed by atoms with van der Waals surface area (Å²) in [6.45, 7) is 11.1. The van der Waals surface area contributed by atoms with Crippen LogP contribution < -0.4 is 10.2 Å². The predicted octanol–water partition coefficient (Wildman–Crippen LogP) is 5.78. The number of benzene rings is 2. The fourth-order valence-corrected chi connectivity index (χ4v) is 4.34. The summed E-state index contributed by atoms with van der Waals surface area (Å²) >= 11 is 0. The van der Waals surface area contributed by atoms with Gasteiger partial charge in [0.2, 0.25) is 0 Å². The van der Waals surface area contributed by atoms with E-state index in [0.29, 0.717) is 23.7 Å². The van der Waals surface area contributed by atoms with Crippen LogP contribution >= 0.6 is 0 Å². The molecule has 0 spiro atoms. The van der Waals surface area contributed by atoms with E-state index in [2.05, 4.69) is 37.9 Å². The average molecular weight is 462 g/mol. The highest BCUT2D eigenvalue weighted by atomic mass is 16.5. The van der Waals surface area contributed by atoms with E-state index in [1.807, 2.05) is 55.5 Å². The second-order valence-electron chi connectivity index (χ2n) is 8.58. The van der Waals surface area contributed by atoms with E-state index >= 15 is 0 Å². The van der Waals surface area contributed by atoms with Gasteiger partial charge in [-0.05, 0) is 69.5 Å². The first-order chi connectivity index (χ1) is 16.4. The molecule has 1 aromatic heterocycles. The summed E-state index contributed by atoms with van der Waals surface area (Å²) < 4.78 is 5.47. The van der Waals surface area contributed by atoms with Crippen LogP contribution in [-0.2, 0) is 22.4 Å². The summed E-state index contributed by atoms with van der Waals surface area (Å²) in [6, 6.07) is 15.7. The maximum Gasteiger partial charge on any atom is 0.339 e. The third-order valence-electron chi connectivity index (χ3n) is 5.90. The van der Waals surface area contributed by atoms with Crippen LogP contribution in [0.3, 0.4) is 0 Å². The number of rotatable bonds is 10. The molecule has 0 aliphatic rings. The molecular formula is C28H35N3O3. The molecule has 0 saturated heterocycles. The number of esters is 1. The minimum Gasteiger partial charge on any atom is -0.452 e. The van der Waals surface area contributed by atoms with Crippen molar-refractivity contribution in [3.63, 3.8) is 0 Å². The fourth-order valence-electron chi connectivity index (χ4n) is 4.34. The van der Waals surface area contributed by atoms with Gasteiger partial charge in [-0.1, -0.05) is 38.5 Å². The molecule has 0 aliphatic carbocycles. The van der Waals surface area contributed by atoms with E-state index in [9.17, 15) is 9.59 Å². The van der Waals surface area contributed by atoms with Gasteiger partial charge in [0.15, 0.2) is 6.61 Å². The molecule has 0 bridgehead atoms. The fraction of sp³-hybridized carbons (Fsp3) is 0.393. The molecule has 0 aliphatic heterocycles. The van der Waals surface area contributed by atoms with Gasteiger partial charge < -0.3 is 15.0 Å². The zero-order valence-corrected chi connectivity index (χ0v) is 20.9. The first-order valence-corrected chi connectivity index (χ1v) is 12.1. The number of carbonyl (C=O) groups excluding carboxylic acids is 2. The quantitative estimate of drug-likeness (QED) is 0.388. The summed E-state index contributed by atoms with van der Waals surface area (Å²) in [5.41, 5.74) is 4.86. The molecule has 1 N–H and O–H groups in total. The highest BCUT2D eigenvalue weighted by Gasteiger charge is 2.21. The lowest BCUT2D eigenvalue weighted by atomic mass is 9.96. The smallest absolute Gasteiger partial charge is 0.339 e. The van der Waals surface area contributed by atoms with Crippen molar-refractivity contribution in [2.75, 3.05) is 23.4 Å². The van der Waals surface area contributed by atoms with Crippen molar-refractivity contribution < 1.29 is 14.3 Å². The Morgan fingerprint density at radius 3 is 2.35 bits per heavy atom. The van der Waals surface area contributed by atoms with E-state index in [0.717, 1.165) is 47.2 Å². The molecule has 1 amide bonds. The van der Waals surface area contributed by atoms with Gasteiger partial charge in [0.25, 0.3) is 5.91 Å². The summed E-state index contributed by atoms with van der Waals surface area (Å²) in [7, 11) is 0. The molecule has 0 fully saturated rings. The van der Waals surface area contributed by atoms with Crippen LogP contribution in [0.25, 0.3) is 10.9 Å². The van der Waals surface area contributed by atoms with Crippen LogP contribution in [-0.4, -0.2) is 36.1 Å². The van der Waals surface area contributed by atoms with Crippen molar-refractivity contribution in [3.05, 3.63) is 65.4 Å². The number of hydrogen-bond acceptors (Lipinski definition) is 5. The maximum atomic E-state index is 13.1. The third kappa shape index (κ3) is 5.74. The summed E-state index contributed by atoms with van der Waals surface area (Å²) in [4.78, 5) is 32.7. The molecular weight excluding hydrogens is 426 g/mol. The molecule has 1 heterocycles. The number of amides is 1. The Bertz CT molecular complexity index is 1140. The zero-order chi connectivity index (χ0) is 24.7. The van der Waals surface area contributed by atoms with E-state index in [1.165, 1.54) is 0 Å². The average Bonchev–Trinajstić information content (AvgIpc) is 2.83. The SMILES string of the molecule is CCCc1nc2ccccc2c(C(=O)OCC(=O)Nc2ccc(N(CC)C(C)C)cc2)c1CC. The Morgan fingerprint density at radius 2 is 1.74 bits per heavy atom. The van der Waals surface area contributed by atoms with Crippen molar-refractivity contribution in [2.24, 2.45) is 0 Å². The van der Waals surface area contributed by atoms with Crippen molar-refractivity contribution in [2.45, 2.75) is 59.9 Å². The van der Waals surface area contributed by atoms with Gasteiger partial charge in [-0.15, -0.1) is 0 Å². The minimum atomic E-state index is -0.492. The van der Waals surface area contributed by atoms with Gasteiger partial charge in [0.1, 0.15) is 0 Å². The Labute approximate surface area is 202 Å².